The van der Waals surface area contributed by atoms with Crippen LogP contribution in [0.3, 0.4) is 0 Å². The molecule has 4 heterocycles. The van der Waals surface area contributed by atoms with Gasteiger partial charge in [-0.1, -0.05) is 69.2 Å². The van der Waals surface area contributed by atoms with Crippen LogP contribution in [0.1, 0.15) is 105 Å². The highest BCUT2D eigenvalue weighted by atomic mass is 127. The summed E-state index contributed by atoms with van der Waals surface area (Å²) in [5, 5.41) is 139. The van der Waals surface area contributed by atoms with Gasteiger partial charge in [0.2, 0.25) is 6.29 Å². The molecule has 22 nitrogen and oxygen atoms in total. The van der Waals surface area contributed by atoms with E-state index in [1.165, 1.54) is 6.92 Å². The van der Waals surface area contributed by atoms with Crippen molar-refractivity contribution in [3.8, 4) is 0 Å². The molecule has 0 aromatic carbocycles. The summed E-state index contributed by atoms with van der Waals surface area (Å²) in [6, 6.07) is 0. The molecule has 7 fully saturated rings. The van der Waals surface area contributed by atoms with Crippen molar-refractivity contribution in [2.24, 2.45) is 28.1 Å². The van der Waals surface area contributed by atoms with Crippen LogP contribution in [0.2, 0.25) is 0 Å². The van der Waals surface area contributed by atoms with Crippen LogP contribution in [0.25, 0.3) is 0 Å². The number of aliphatic hydroxyl groups is 13. The average Bonchev–Trinajstić information content (AvgIpc) is 3.44. The van der Waals surface area contributed by atoms with Crippen LogP contribution in [0, 0.1) is 28.1 Å². The number of rotatable bonds is 19. The SMILES string of the molecule is C=C1CC23CCC(C)([C@@](C)(CCCCC)C(=O)O[C@@H]4OC(CO)[C@@H](O)C(O)C4O)C[C@@H]2CC[C@]1(OC[C@@H]1OC(CO)C(CI)(OC[C@@H]2OC(CO)[C@@H](O)C(O)C2O)[C@@H](O)CC1O[C@@H]1OC(C)[C@H](O)C(O)C1O)[C@@H]3C. The molecule has 23 heteroatoms. The Labute approximate surface area is 446 Å². The zero-order valence-corrected chi connectivity index (χ0v) is 45.4. The number of aliphatic hydroxyl groups excluding tert-OH is 13. The summed E-state index contributed by atoms with van der Waals surface area (Å²) >= 11 is 1.97. The third kappa shape index (κ3) is 10.8. The van der Waals surface area contributed by atoms with E-state index < -0.39 is 171 Å². The van der Waals surface area contributed by atoms with Crippen molar-refractivity contribution < 1.29 is 109 Å². The zero-order chi connectivity index (χ0) is 54.5. The van der Waals surface area contributed by atoms with Crippen molar-refractivity contribution in [2.45, 2.75) is 233 Å². The molecule has 74 heavy (non-hydrogen) atoms. The van der Waals surface area contributed by atoms with Crippen molar-refractivity contribution >= 4 is 28.6 Å². The van der Waals surface area contributed by atoms with Gasteiger partial charge in [-0.05, 0) is 87.0 Å². The molecule has 0 amide bonds. The monoisotopic (exact) mass is 1180 g/mol. The second-order valence-corrected chi connectivity index (χ2v) is 23.8. The van der Waals surface area contributed by atoms with E-state index in [0.717, 1.165) is 24.8 Å². The highest BCUT2D eigenvalue weighted by molar-refractivity contribution is 14.1. The van der Waals surface area contributed by atoms with Crippen molar-refractivity contribution in [2.75, 3.05) is 37.5 Å². The third-order valence-electron chi connectivity index (χ3n) is 19.2. The van der Waals surface area contributed by atoms with E-state index in [2.05, 4.69) is 27.4 Å². The molecule has 0 radical (unpaired) electrons. The first-order valence-corrected chi connectivity index (χ1v) is 28.1. The normalized spacial score (nSPS) is 49.7. The van der Waals surface area contributed by atoms with E-state index in [4.69, 9.17) is 37.9 Å². The highest BCUT2D eigenvalue weighted by Crippen LogP contribution is 2.71. The lowest BCUT2D eigenvalue weighted by Crippen LogP contribution is -2.62. The predicted octanol–water partition coefficient (Wildman–Crippen LogP) is -1.39. The maximum Gasteiger partial charge on any atom is 0.314 e. The van der Waals surface area contributed by atoms with Crippen LogP contribution < -0.4 is 0 Å². The Morgan fingerprint density at radius 3 is 1.97 bits per heavy atom. The summed E-state index contributed by atoms with van der Waals surface area (Å²) in [7, 11) is 0. The first kappa shape index (κ1) is 60.8. The molecule has 7 rings (SSSR count). The summed E-state index contributed by atoms with van der Waals surface area (Å²) in [4.78, 5) is 14.6. The number of carbonyl (C=O) groups is 1. The Bertz CT molecular complexity index is 1890. The van der Waals surface area contributed by atoms with Crippen LogP contribution in [-0.2, 0) is 42.7 Å². The largest absolute Gasteiger partial charge is 0.432 e. The fourth-order valence-electron chi connectivity index (χ4n) is 13.8. The average molecular weight is 1180 g/mol. The molecular weight excluding hydrogens is 1090 g/mol. The molecular formula is C51H85IO22. The number of fused-ring (bicyclic) bond motifs is 1. The van der Waals surface area contributed by atoms with E-state index in [-0.39, 0.29) is 34.7 Å². The van der Waals surface area contributed by atoms with Crippen molar-refractivity contribution in [3.63, 3.8) is 0 Å². The van der Waals surface area contributed by atoms with E-state index in [9.17, 15) is 71.2 Å². The standard InChI is InChI=1S/C51H85IO22/c1-7-8-9-11-48(6,46(66)74-45-43(65)41(63)37(59)30(19-54)73-45)47(5)13-14-49-16-24(2)50(26(49)4,12-10-27(49)17-47)67-21-31-28(72-44-42(64)39(61)35(57)25(3)69-44)15-33(56)51(23-52,34(20-55)71-31)68-22-32-38(60)40(62)36(58)29(18-53)70-32/h25-45,53-65H,2,7-23H2,1,3-6H3/t25?,26-,27+,28?,29?,30?,31+,32+,33+,34?,35+,36-,37-,38?,39?,40?,41?,42?,43?,44+,45+,47?,48+,49?,50-,51?/m1/s1. The van der Waals surface area contributed by atoms with Gasteiger partial charge in [0.1, 0.15) is 91.1 Å². The van der Waals surface area contributed by atoms with Crippen LogP contribution in [0.5, 0.6) is 0 Å². The molecule has 4 aliphatic heterocycles. The summed E-state index contributed by atoms with van der Waals surface area (Å²) in [6.07, 6.45) is -21.3. The van der Waals surface area contributed by atoms with Gasteiger partial charge in [0.15, 0.2) is 6.29 Å². The molecule has 13 N–H and O–H groups in total. The quantitative estimate of drug-likeness (QED) is 0.0233. The minimum atomic E-state index is -1.74. The van der Waals surface area contributed by atoms with Crippen LogP contribution in [-0.4, -0.2) is 237 Å². The van der Waals surface area contributed by atoms with Gasteiger partial charge in [-0.3, -0.25) is 4.79 Å². The Morgan fingerprint density at radius 2 is 1.34 bits per heavy atom. The Morgan fingerprint density at radius 1 is 0.730 bits per heavy atom. The minimum Gasteiger partial charge on any atom is -0.432 e. The van der Waals surface area contributed by atoms with Crippen molar-refractivity contribution in [3.05, 3.63) is 12.2 Å². The fraction of sp³-hybridized carbons (Fsp3) is 0.941. The van der Waals surface area contributed by atoms with Crippen LogP contribution >= 0.6 is 22.6 Å². The third-order valence-corrected chi connectivity index (χ3v) is 20.4. The van der Waals surface area contributed by atoms with Crippen LogP contribution in [0.15, 0.2) is 12.2 Å². The first-order chi connectivity index (χ1) is 34.9. The van der Waals surface area contributed by atoms with Gasteiger partial charge in [0.05, 0.1) is 62.4 Å². The van der Waals surface area contributed by atoms with E-state index in [0.29, 0.717) is 44.9 Å². The van der Waals surface area contributed by atoms with E-state index in [1.54, 1.807) is 0 Å². The van der Waals surface area contributed by atoms with Gasteiger partial charge in [0, 0.05) is 10.8 Å². The van der Waals surface area contributed by atoms with Crippen molar-refractivity contribution in [1.82, 2.24) is 0 Å². The lowest BCUT2D eigenvalue weighted by Gasteiger charge is -2.59. The number of ether oxygens (including phenoxy) is 8. The molecule has 14 unspecified atom stereocenters. The maximum absolute atomic E-state index is 14.6. The molecule has 0 aromatic rings. The van der Waals surface area contributed by atoms with Crippen molar-refractivity contribution in [1.29, 1.82) is 0 Å². The smallest absolute Gasteiger partial charge is 0.314 e. The Hall–Kier alpha value is -0.860. The molecule has 26 atom stereocenters. The number of carbonyl (C=O) groups excluding carboxylic acids is 1. The van der Waals surface area contributed by atoms with Gasteiger partial charge in [0.25, 0.3) is 0 Å². The minimum absolute atomic E-state index is 0.0108. The lowest BCUT2D eigenvalue weighted by atomic mass is 9.46. The van der Waals surface area contributed by atoms with Crippen LogP contribution in [0.4, 0.5) is 0 Å². The zero-order valence-electron chi connectivity index (χ0n) is 43.2. The summed E-state index contributed by atoms with van der Waals surface area (Å²) < 4.78 is 49.8. The second kappa shape index (κ2) is 24.1. The number of esters is 1. The molecule has 7 aliphatic rings. The van der Waals surface area contributed by atoms with Gasteiger partial charge >= 0.3 is 5.97 Å². The topological polar surface area (TPSA) is 354 Å². The summed E-state index contributed by atoms with van der Waals surface area (Å²) in [6.45, 7) is 11.6. The maximum atomic E-state index is 14.6. The summed E-state index contributed by atoms with van der Waals surface area (Å²) in [5.41, 5.74) is -3.74. The van der Waals surface area contributed by atoms with Gasteiger partial charge < -0.3 is 104 Å². The number of hydrogen-bond acceptors (Lipinski definition) is 22. The molecule has 428 valence electrons. The molecule has 3 aliphatic carbocycles. The molecule has 4 saturated heterocycles. The second-order valence-electron chi connectivity index (χ2n) is 23.0. The molecule has 1 spiro atoms. The van der Waals surface area contributed by atoms with Gasteiger partial charge in [-0.25, -0.2) is 0 Å². The molecule has 3 saturated carbocycles. The number of hydrogen-bond donors (Lipinski definition) is 13. The summed E-state index contributed by atoms with van der Waals surface area (Å²) in [5.74, 6) is -0.605. The van der Waals surface area contributed by atoms with E-state index >= 15 is 0 Å². The highest BCUT2D eigenvalue weighted by Gasteiger charge is 2.68. The number of unbranched alkanes of at least 4 members (excludes halogenated alkanes) is 2. The fourth-order valence-corrected chi connectivity index (χ4v) is 15.0. The molecule has 0 aromatic heterocycles. The predicted molar refractivity (Wildman–Crippen MR) is 266 cm³/mol. The first-order valence-electron chi connectivity index (χ1n) is 26.5. The Balaban J connectivity index is 1.13. The van der Waals surface area contributed by atoms with E-state index in [1.807, 2.05) is 29.5 Å². The Kier molecular flexibility index (Phi) is 19.8. The molecule has 2 bridgehead atoms. The number of halogens is 1. The number of alkyl halides is 1. The van der Waals surface area contributed by atoms with Gasteiger partial charge in [-0.2, -0.15) is 0 Å². The lowest BCUT2D eigenvalue weighted by molar-refractivity contribution is -0.315. The van der Waals surface area contributed by atoms with Gasteiger partial charge in [-0.15, -0.1) is 0 Å².